The molecule has 9 heteroatoms. The first-order valence-corrected chi connectivity index (χ1v) is 12.9. The highest BCUT2D eigenvalue weighted by Crippen LogP contribution is 2.31. The molecule has 2 heterocycles. The molecule has 0 spiro atoms. The summed E-state index contributed by atoms with van der Waals surface area (Å²) in [4.78, 5) is 44.2. The number of hydrogen-bond donors (Lipinski definition) is 2. The second-order valence-corrected chi connectivity index (χ2v) is 10.5. The van der Waals surface area contributed by atoms with Gasteiger partial charge in [0.05, 0.1) is 27.1 Å². The highest BCUT2D eigenvalue weighted by Gasteiger charge is 2.24. The molecule has 2 aromatic carbocycles. The first-order valence-electron chi connectivity index (χ1n) is 11.1. The quantitative estimate of drug-likeness (QED) is 0.496. The Morgan fingerprint density at radius 3 is 2.58 bits per heavy atom. The Kier molecular flexibility index (Phi) is 6.32. The number of carbonyl (C=O) groups excluding carboxylic acids is 3. The summed E-state index contributed by atoms with van der Waals surface area (Å²) >= 11 is 2.92. The van der Waals surface area contributed by atoms with Crippen molar-refractivity contribution in [3.63, 3.8) is 0 Å². The number of hydrogen-bond acceptors (Lipinski definition) is 6. The van der Waals surface area contributed by atoms with Crippen molar-refractivity contribution >= 4 is 56.7 Å². The van der Waals surface area contributed by atoms with Crippen LogP contribution in [0.1, 0.15) is 46.4 Å². The molecule has 3 amide bonds. The number of anilines is 1. The van der Waals surface area contributed by atoms with Crippen LogP contribution in [0, 0.1) is 0 Å². The van der Waals surface area contributed by atoms with Gasteiger partial charge in [-0.1, -0.05) is 23.9 Å². The highest BCUT2D eigenvalue weighted by molar-refractivity contribution is 8.01. The van der Waals surface area contributed by atoms with E-state index in [1.54, 1.807) is 35.2 Å². The molecule has 2 N–H and O–H groups in total. The minimum atomic E-state index is -0.312. The van der Waals surface area contributed by atoms with Gasteiger partial charge in [-0.15, -0.1) is 11.3 Å². The van der Waals surface area contributed by atoms with Gasteiger partial charge in [-0.05, 0) is 56.0 Å². The topological polar surface area (TPSA) is 91.4 Å². The van der Waals surface area contributed by atoms with Gasteiger partial charge in [-0.2, -0.15) is 0 Å². The summed E-state index contributed by atoms with van der Waals surface area (Å²) in [6.07, 6.45) is 4.15. The number of carbonyl (C=O) groups is 3. The summed E-state index contributed by atoms with van der Waals surface area (Å²) in [5.74, 6) is -0.0179. The van der Waals surface area contributed by atoms with Crippen LogP contribution in [-0.4, -0.2) is 52.5 Å². The van der Waals surface area contributed by atoms with Crippen molar-refractivity contribution in [2.45, 2.75) is 36.1 Å². The maximum Gasteiger partial charge on any atom is 0.256 e. The van der Waals surface area contributed by atoms with Gasteiger partial charge in [0.1, 0.15) is 0 Å². The molecule has 3 aromatic rings. The lowest BCUT2D eigenvalue weighted by Crippen LogP contribution is -2.29. The molecular formula is C24H24N4O3S2. The van der Waals surface area contributed by atoms with Crippen LogP contribution >= 0.6 is 23.1 Å². The minimum absolute atomic E-state index is 0.0388. The number of fused-ring (bicyclic) bond motifs is 1. The van der Waals surface area contributed by atoms with E-state index in [1.165, 1.54) is 23.1 Å². The van der Waals surface area contributed by atoms with Crippen LogP contribution in [0.5, 0.6) is 0 Å². The number of nitrogens with one attached hydrogen (secondary N) is 2. The molecule has 1 saturated carbocycles. The molecule has 0 unspecified atom stereocenters. The number of thiazole rings is 1. The second kappa shape index (κ2) is 9.52. The fourth-order valence-corrected chi connectivity index (χ4v) is 5.74. The number of amides is 3. The maximum atomic E-state index is 13.0. The van der Waals surface area contributed by atoms with Crippen LogP contribution in [0.3, 0.4) is 0 Å². The zero-order valence-electron chi connectivity index (χ0n) is 18.0. The molecule has 1 aliphatic heterocycles. The first kappa shape index (κ1) is 21.9. The monoisotopic (exact) mass is 480 g/mol. The van der Waals surface area contributed by atoms with E-state index < -0.39 is 0 Å². The largest absolute Gasteiger partial charge is 0.353 e. The number of likely N-dealkylation sites (tertiary alicyclic amines) is 1. The Morgan fingerprint density at radius 2 is 1.82 bits per heavy atom. The van der Waals surface area contributed by atoms with Gasteiger partial charge in [-0.25, -0.2) is 4.98 Å². The molecule has 5 rings (SSSR count). The molecule has 170 valence electrons. The molecule has 1 aromatic heterocycles. The molecule has 0 atom stereocenters. The number of nitrogens with zero attached hydrogens (tertiary/aromatic N) is 2. The van der Waals surface area contributed by atoms with Crippen LogP contribution < -0.4 is 10.6 Å². The van der Waals surface area contributed by atoms with Crippen LogP contribution in [0.2, 0.25) is 0 Å². The first-order chi connectivity index (χ1) is 16.1. The van der Waals surface area contributed by atoms with E-state index in [2.05, 4.69) is 15.6 Å². The lowest BCUT2D eigenvalue weighted by molar-refractivity contribution is -0.118. The van der Waals surface area contributed by atoms with Crippen molar-refractivity contribution < 1.29 is 14.4 Å². The predicted molar refractivity (Wildman–Crippen MR) is 131 cm³/mol. The van der Waals surface area contributed by atoms with Crippen LogP contribution in [0.15, 0.2) is 46.8 Å². The number of thioether (sulfide) groups is 1. The van der Waals surface area contributed by atoms with Gasteiger partial charge < -0.3 is 15.5 Å². The van der Waals surface area contributed by atoms with Crippen molar-refractivity contribution in [2.24, 2.45) is 0 Å². The fraction of sp³-hybridized carbons (Fsp3) is 0.333. The lowest BCUT2D eigenvalue weighted by atomic mass is 10.1. The molecule has 1 saturated heterocycles. The molecule has 0 radical (unpaired) electrons. The number of aromatic nitrogens is 1. The third kappa shape index (κ3) is 5.20. The van der Waals surface area contributed by atoms with Gasteiger partial charge >= 0.3 is 0 Å². The van der Waals surface area contributed by atoms with Crippen LogP contribution in [-0.2, 0) is 4.79 Å². The Labute approximate surface area is 200 Å². The van der Waals surface area contributed by atoms with Gasteiger partial charge in [0, 0.05) is 24.8 Å². The Bertz CT molecular complexity index is 1220. The summed E-state index contributed by atoms with van der Waals surface area (Å²) in [7, 11) is 0. The Hall–Kier alpha value is -2.91. The summed E-state index contributed by atoms with van der Waals surface area (Å²) in [5, 5.41) is 5.90. The summed E-state index contributed by atoms with van der Waals surface area (Å²) < 4.78 is 1.75. The fourth-order valence-electron chi connectivity index (χ4n) is 3.82. The number of rotatable bonds is 7. The molecular weight excluding hydrogens is 456 g/mol. The minimum Gasteiger partial charge on any atom is -0.353 e. The third-order valence-corrected chi connectivity index (χ3v) is 7.85. The van der Waals surface area contributed by atoms with Crippen molar-refractivity contribution in [1.82, 2.24) is 15.2 Å². The molecule has 7 nitrogen and oxygen atoms in total. The van der Waals surface area contributed by atoms with Gasteiger partial charge in [0.15, 0.2) is 4.34 Å². The SMILES string of the molecule is O=C(CSc1nc2ccc(NC(=O)c3ccccc3C(=O)N3CCCC3)cc2s1)NC1CC1. The smallest absolute Gasteiger partial charge is 0.256 e. The Balaban J connectivity index is 1.27. The van der Waals surface area contributed by atoms with Crippen molar-refractivity contribution in [3.05, 3.63) is 53.6 Å². The molecule has 2 fully saturated rings. The average Bonchev–Trinajstić information content (AvgIpc) is 3.30. The Morgan fingerprint density at radius 1 is 1.06 bits per heavy atom. The molecule has 0 bridgehead atoms. The van der Waals surface area contributed by atoms with E-state index in [0.717, 1.165) is 53.3 Å². The number of benzene rings is 2. The van der Waals surface area contributed by atoms with Crippen molar-refractivity contribution in [2.75, 3.05) is 24.2 Å². The summed E-state index contributed by atoms with van der Waals surface area (Å²) in [5.41, 5.74) is 2.27. The van der Waals surface area contributed by atoms with Crippen LogP contribution in [0.25, 0.3) is 10.2 Å². The molecule has 1 aliphatic carbocycles. The van der Waals surface area contributed by atoms with Crippen molar-refractivity contribution in [3.8, 4) is 0 Å². The normalized spacial score (nSPS) is 15.6. The zero-order valence-corrected chi connectivity index (χ0v) is 19.6. The van der Waals surface area contributed by atoms with E-state index >= 15 is 0 Å². The van der Waals surface area contributed by atoms with Gasteiger partial charge in [0.25, 0.3) is 11.8 Å². The van der Waals surface area contributed by atoms with E-state index in [-0.39, 0.29) is 17.7 Å². The molecule has 2 aliphatic rings. The maximum absolute atomic E-state index is 13.0. The zero-order chi connectivity index (χ0) is 22.8. The molecule has 33 heavy (non-hydrogen) atoms. The predicted octanol–water partition coefficient (Wildman–Crippen LogP) is 4.16. The van der Waals surface area contributed by atoms with E-state index in [9.17, 15) is 14.4 Å². The van der Waals surface area contributed by atoms with Crippen molar-refractivity contribution in [1.29, 1.82) is 0 Å². The highest BCUT2D eigenvalue weighted by atomic mass is 32.2. The third-order valence-electron chi connectivity index (χ3n) is 5.69. The average molecular weight is 481 g/mol. The standard InChI is InChI=1S/C24H24N4O3S2/c29-21(25-15-7-8-15)14-32-24-27-19-10-9-16(13-20(19)33-24)26-22(30)17-5-1-2-6-18(17)23(31)28-11-3-4-12-28/h1-2,5-6,9-10,13,15H,3-4,7-8,11-12,14H2,(H,25,29)(H,26,30). The lowest BCUT2D eigenvalue weighted by Gasteiger charge is -2.17. The van der Waals surface area contributed by atoms with Gasteiger partial charge in [-0.3, -0.25) is 14.4 Å². The van der Waals surface area contributed by atoms with Gasteiger partial charge in [0.2, 0.25) is 5.91 Å². The van der Waals surface area contributed by atoms with E-state index in [1.807, 2.05) is 12.1 Å². The summed E-state index contributed by atoms with van der Waals surface area (Å²) in [6, 6.07) is 12.9. The van der Waals surface area contributed by atoms with Crippen LogP contribution in [0.4, 0.5) is 5.69 Å². The van der Waals surface area contributed by atoms with E-state index in [0.29, 0.717) is 28.6 Å². The second-order valence-electron chi connectivity index (χ2n) is 8.29. The summed E-state index contributed by atoms with van der Waals surface area (Å²) in [6.45, 7) is 1.47. The van der Waals surface area contributed by atoms with E-state index in [4.69, 9.17) is 0 Å².